The van der Waals surface area contributed by atoms with Gasteiger partial charge < -0.3 is 15.5 Å². The molecule has 1 aromatic rings. The zero-order valence-corrected chi connectivity index (χ0v) is 22.3. The number of carbonyl (C=O) groups is 2. The molecule has 0 fully saturated rings. The average Bonchev–Trinajstić information content (AvgIpc) is 2.86. The number of unbranched alkanes of at least 4 members (excludes halogenated alkanes) is 13. The zero-order valence-electron chi connectivity index (χ0n) is 22.3. The lowest BCUT2D eigenvalue weighted by atomic mass is 10.0. The Balaban J connectivity index is 2.02. The van der Waals surface area contributed by atoms with Gasteiger partial charge in [-0.15, -0.1) is 0 Å². The highest BCUT2D eigenvalue weighted by Gasteiger charge is 2.12. The number of carbonyl (C=O) groups excluding carboxylic acids is 2. The summed E-state index contributed by atoms with van der Waals surface area (Å²) in [5, 5.41) is 6.13. The molecule has 1 rings (SSSR count). The van der Waals surface area contributed by atoms with Gasteiger partial charge in [-0.25, -0.2) is 0 Å². The molecule has 2 amide bonds. The van der Waals surface area contributed by atoms with Gasteiger partial charge in [-0.1, -0.05) is 96.5 Å². The lowest BCUT2D eigenvalue weighted by Crippen LogP contribution is -2.31. The van der Waals surface area contributed by atoms with Crippen LogP contribution < -0.4 is 10.6 Å². The Kier molecular flexibility index (Phi) is 17.9. The molecule has 34 heavy (non-hydrogen) atoms. The second-order valence-corrected chi connectivity index (χ2v) is 9.36. The summed E-state index contributed by atoms with van der Waals surface area (Å²) in [5.41, 5.74) is 1.45. The molecular weight excluding hydrogens is 422 g/mol. The molecule has 0 aromatic heterocycles. The predicted octanol–water partition coefficient (Wildman–Crippen LogP) is 7.18. The van der Waals surface area contributed by atoms with Crippen LogP contribution in [0.2, 0.25) is 0 Å². The van der Waals surface area contributed by atoms with Crippen LogP contribution in [-0.2, 0) is 4.79 Å². The summed E-state index contributed by atoms with van der Waals surface area (Å²) in [7, 11) is 0. The third-order valence-electron chi connectivity index (χ3n) is 6.47. The van der Waals surface area contributed by atoms with Gasteiger partial charge in [-0.2, -0.15) is 0 Å². The van der Waals surface area contributed by atoms with Crippen LogP contribution in [0.4, 0.5) is 5.69 Å². The third kappa shape index (κ3) is 14.3. The van der Waals surface area contributed by atoms with Crippen LogP contribution in [0.15, 0.2) is 24.3 Å². The van der Waals surface area contributed by atoms with Crippen molar-refractivity contribution in [2.24, 2.45) is 0 Å². The summed E-state index contributed by atoms with van der Waals surface area (Å²) in [6, 6.07) is 7.38. The van der Waals surface area contributed by atoms with Crippen molar-refractivity contribution in [1.29, 1.82) is 0 Å². The van der Waals surface area contributed by atoms with E-state index in [0.29, 0.717) is 18.7 Å². The van der Waals surface area contributed by atoms with Gasteiger partial charge in [0.2, 0.25) is 5.91 Å². The van der Waals surface area contributed by atoms with E-state index >= 15 is 0 Å². The van der Waals surface area contributed by atoms with Crippen LogP contribution in [0, 0.1) is 0 Å². The molecule has 5 heteroatoms. The van der Waals surface area contributed by atoms with Gasteiger partial charge in [0.1, 0.15) is 0 Å². The Morgan fingerprint density at radius 2 is 1.26 bits per heavy atom. The Hall–Kier alpha value is -2.04. The van der Waals surface area contributed by atoms with E-state index in [2.05, 4.69) is 17.6 Å². The molecule has 5 nitrogen and oxygen atoms in total. The van der Waals surface area contributed by atoms with Gasteiger partial charge in [0.25, 0.3) is 5.91 Å². The summed E-state index contributed by atoms with van der Waals surface area (Å²) in [6.07, 6.45) is 18.7. The molecule has 0 radical (unpaired) electrons. The fourth-order valence-corrected chi connectivity index (χ4v) is 4.25. The quantitative estimate of drug-likeness (QED) is 0.186. The van der Waals surface area contributed by atoms with E-state index in [0.717, 1.165) is 18.7 Å². The Labute approximate surface area is 209 Å². The Morgan fingerprint density at radius 1 is 0.735 bits per heavy atom. The first-order chi connectivity index (χ1) is 16.6. The van der Waals surface area contributed by atoms with Gasteiger partial charge in [-0.05, 0) is 38.5 Å². The first-order valence-corrected chi connectivity index (χ1v) is 14.0. The molecule has 0 aliphatic heterocycles. The van der Waals surface area contributed by atoms with Crippen LogP contribution in [0.5, 0.6) is 0 Å². The fourth-order valence-electron chi connectivity index (χ4n) is 4.25. The normalized spacial score (nSPS) is 10.8. The second kappa shape index (κ2) is 20.3. The molecule has 0 bridgehead atoms. The molecule has 2 N–H and O–H groups in total. The van der Waals surface area contributed by atoms with Gasteiger partial charge >= 0.3 is 0 Å². The van der Waals surface area contributed by atoms with E-state index in [1.807, 2.05) is 38.1 Å². The fraction of sp³-hybridized carbons (Fsp3) is 0.724. The maximum absolute atomic E-state index is 12.5. The van der Waals surface area contributed by atoms with Crippen LogP contribution >= 0.6 is 0 Å². The summed E-state index contributed by atoms with van der Waals surface area (Å²) in [6.45, 7) is 8.57. The van der Waals surface area contributed by atoms with E-state index in [9.17, 15) is 9.59 Å². The number of nitrogens with one attached hydrogen (secondary N) is 2. The van der Waals surface area contributed by atoms with E-state index in [1.54, 1.807) is 4.90 Å². The minimum absolute atomic E-state index is 0.00448. The van der Waals surface area contributed by atoms with Crippen molar-refractivity contribution in [1.82, 2.24) is 10.2 Å². The summed E-state index contributed by atoms with van der Waals surface area (Å²) in [4.78, 5) is 26.4. The number of anilines is 1. The van der Waals surface area contributed by atoms with E-state index in [-0.39, 0.29) is 18.4 Å². The lowest BCUT2D eigenvalue weighted by Gasteiger charge is -2.19. The highest BCUT2D eigenvalue weighted by molar-refractivity contribution is 5.95. The van der Waals surface area contributed by atoms with Crippen molar-refractivity contribution in [3.8, 4) is 0 Å². The summed E-state index contributed by atoms with van der Waals surface area (Å²) < 4.78 is 0. The molecule has 0 aliphatic carbocycles. The Bertz CT molecular complexity index is 659. The molecule has 0 spiro atoms. The van der Waals surface area contributed by atoms with Crippen molar-refractivity contribution in [2.75, 3.05) is 31.5 Å². The lowest BCUT2D eigenvalue weighted by molar-refractivity contribution is -0.119. The highest BCUT2D eigenvalue weighted by Crippen LogP contribution is 2.14. The highest BCUT2D eigenvalue weighted by atomic mass is 16.2. The monoisotopic (exact) mass is 473 g/mol. The number of amides is 2. The molecule has 0 saturated heterocycles. The smallest absolute Gasteiger partial charge is 0.253 e. The molecule has 0 saturated carbocycles. The second-order valence-electron chi connectivity index (χ2n) is 9.36. The number of rotatable bonds is 21. The van der Waals surface area contributed by atoms with Crippen molar-refractivity contribution in [3.05, 3.63) is 29.8 Å². The number of hydrogen-bond acceptors (Lipinski definition) is 3. The van der Waals surface area contributed by atoms with Crippen molar-refractivity contribution < 1.29 is 9.59 Å². The van der Waals surface area contributed by atoms with Gasteiger partial charge in [0.05, 0.1) is 6.54 Å². The molecule has 0 aliphatic rings. The van der Waals surface area contributed by atoms with Crippen molar-refractivity contribution >= 4 is 17.5 Å². The average molecular weight is 474 g/mol. The van der Waals surface area contributed by atoms with Crippen molar-refractivity contribution in [3.63, 3.8) is 0 Å². The van der Waals surface area contributed by atoms with Crippen LogP contribution in [0.1, 0.15) is 121 Å². The molecule has 0 unspecified atom stereocenters. The minimum Gasteiger partial charge on any atom is -0.376 e. The number of benzene rings is 1. The van der Waals surface area contributed by atoms with Crippen LogP contribution in [0.3, 0.4) is 0 Å². The predicted molar refractivity (Wildman–Crippen MR) is 146 cm³/mol. The van der Waals surface area contributed by atoms with E-state index in [4.69, 9.17) is 0 Å². The topological polar surface area (TPSA) is 61.4 Å². The minimum atomic E-state index is -0.00448. The largest absolute Gasteiger partial charge is 0.376 e. The van der Waals surface area contributed by atoms with E-state index in [1.165, 1.54) is 83.5 Å². The first-order valence-electron chi connectivity index (χ1n) is 14.0. The van der Waals surface area contributed by atoms with Gasteiger partial charge in [0, 0.05) is 30.9 Å². The molecule has 0 heterocycles. The van der Waals surface area contributed by atoms with Gasteiger partial charge in [0.15, 0.2) is 0 Å². The molecule has 0 atom stereocenters. The van der Waals surface area contributed by atoms with Crippen LogP contribution in [-0.4, -0.2) is 42.9 Å². The molecule has 194 valence electrons. The number of hydrogen-bond donors (Lipinski definition) is 2. The van der Waals surface area contributed by atoms with E-state index < -0.39 is 0 Å². The SMILES string of the molecule is CCCCCCCCCCCCCCCCNC(=O)CNc1cccc(C(=O)N(CC)CC)c1. The molecular formula is C29H51N3O2. The zero-order chi connectivity index (χ0) is 24.9. The number of nitrogens with zero attached hydrogens (tertiary/aromatic N) is 1. The maximum Gasteiger partial charge on any atom is 0.253 e. The standard InChI is InChI=1S/C29H51N3O2/c1-4-7-8-9-10-11-12-13-14-15-16-17-18-19-23-30-28(33)25-31-27-22-20-21-26(24-27)29(34)32(5-2)6-3/h20-22,24,31H,4-19,23,25H2,1-3H3,(H,30,33). The van der Waals surface area contributed by atoms with Crippen LogP contribution in [0.25, 0.3) is 0 Å². The third-order valence-corrected chi connectivity index (χ3v) is 6.47. The van der Waals surface area contributed by atoms with Crippen molar-refractivity contribution in [2.45, 2.75) is 111 Å². The Morgan fingerprint density at radius 3 is 1.79 bits per heavy atom. The maximum atomic E-state index is 12.5. The first kappa shape index (κ1) is 30.0. The molecule has 1 aromatic carbocycles. The summed E-state index contributed by atoms with van der Waals surface area (Å²) >= 11 is 0. The summed E-state index contributed by atoms with van der Waals surface area (Å²) in [5.74, 6) is 0.0195. The van der Waals surface area contributed by atoms with Gasteiger partial charge in [-0.3, -0.25) is 9.59 Å².